The van der Waals surface area contributed by atoms with Gasteiger partial charge >= 0.3 is 0 Å². The van der Waals surface area contributed by atoms with E-state index in [-0.39, 0.29) is 12.5 Å². The fraction of sp³-hybridized carbons (Fsp3) is 0.211. The lowest BCUT2D eigenvalue weighted by molar-refractivity contribution is 0.0928. The van der Waals surface area contributed by atoms with Gasteiger partial charge in [0, 0.05) is 12.7 Å². The highest BCUT2D eigenvalue weighted by Gasteiger charge is 2.12. The molecule has 3 N–H and O–H groups in total. The number of anilines is 2. The summed E-state index contributed by atoms with van der Waals surface area (Å²) in [4.78, 5) is 22.4. The first-order valence-electron chi connectivity index (χ1n) is 8.24. The molecule has 3 aromatic heterocycles. The minimum Gasteiger partial charge on any atom is -0.392 e. The van der Waals surface area contributed by atoms with Crippen molar-refractivity contribution in [1.82, 2.24) is 15.3 Å². The van der Waals surface area contributed by atoms with E-state index >= 15 is 0 Å². The zero-order valence-corrected chi connectivity index (χ0v) is 15.4. The average Bonchev–Trinajstić information content (AvgIpc) is 3.10. The molecule has 3 rings (SSSR count). The third-order valence-electron chi connectivity index (χ3n) is 3.56. The van der Waals surface area contributed by atoms with Gasteiger partial charge in [-0.2, -0.15) is 0 Å². The Balaban J connectivity index is 1.75. The van der Waals surface area contributed by atoms with E-state index in [1.165, 1.54) is 11.3 Å². The zero-order valence-electron chi connectivity index (χ0n) is 14.6. The van der Waals surface area contributed by atoms with Crippen LogP contribution in [0.15, 0.2) is 48.7 Å². The van der Waals surface area contributed by atoms with Gasteiger partial charge in [-0.25, -0.2) is 9.97 Å². The van der Waals surface area contributed by atoms with Crippen molar-refractivity contribution in [1.29, 1.82) is 0 Å². The zero-order chi connectivity index (χ0) is 18.5. The van der Waals surface area contributed by atoms with Gasteiger partial charge < -0.3 is 15.7 Å². The van der Waals surface area contributed by atoms with E-state index in [2.05, 4.69) is 20.6 Å². The van der Waals surface area contributed by atoms with Gasteiger partial charge in [-0.3, -0.25) is 4.79 Å². The van der Waals surface area contributed by atoms with E-state index in [9.17, 15) is 9.90 Å². The summed E-state index contributed by atoms with van der Waals surface area (Å²) in [5, 5.41) is 15.2. The Bertz CT molecular complexity index is 908. The Labute approximate surface area is 156 Å². The number of hydrogen-bond acceptors (Lipinski definition) is 6. The van der Waals surface area contributed by atoms with E-state index in [0.29, 0.717) is 10.7 Å². The number of thiophene rings is 1. The van der Waals surface area contributed by atoms with Crippen LogP contribution in [-0.2, 0) is 0 Å². The highest BCUT2D eigenvalue weighted by atomic mass is 32.1. The molecular formula is C19H20N4O2S. The quantitative estimate of drug-likeness (QED) is 0.621. The van der Waals surface area contributed by atoms with Crippen LogP contribution >= 0.6 is 11.3 Å². The molecule has 0 fully saturated rings. The van der Waals surface area contributed by atoms with Crippen LogP contribution in [0.2, 0.25) is 0 Å². The number of carbonyl (C=O) groups is 1. The number of aryl methyl sites for hydroxylation is 1. The van der Waals surface area contributed by atoms with Crippen LogP contribution in [-0.4, -0.2) is 33.6 Å². The van der Waals surface area contributed by atoms with E-state index in [1.807, 2.05) is 43.3 Å². The maximum Gasteiger partial charge on any atom is 0.261 e. The Morgan fingerprint density at radius 1 is 1.23 bits per heavy atom. The van der Waals surface area contributed by atoms with Crippen molar-refractivity contribution in [2.45, 2.75) is 20.0 Å². The van der Waals surface area contributed by atoms with Crippen LogP contribution in [0.3, 0.4) is 0 Å². The number of rotatable bonds is 6. The molecule has 0 bridgehead atoms. The molecule has 6 nitrogen and oxygen atoms in total. The summed E-state index contributed by atoms with van der Waals surface area (Å²) in [6.07, 6.45) is 1.18. The number of nitrogens with zero attached hydrogens (tertiary/aromatic N) is 2. The minimum absolute atomic E-state index is 0.194. The Morgan fingerprint density at radius 2 is 2.08 bits per heavy atom. The van der Waals surface area contributed by atoms with Crippen molar-refractivity contribution in [3.05, 3.63) is 59.1 Å². The molecule has 26 heavy (non-hydrogen) atoms. The molecule has 3 aromatic rings. The lowest BCUT2D eigenvalue weighted by Crippen LogP contribution is -2.29. The Hall–Kier alpha value is -2.77. The molecule has 1 unspecified atom stereocenters. The first kappa shape index (κ1) is 18.0. The maximum absolute atomic E-state index is 12.1. The molecule has 0 saturated heterocycles. The van der Waals surface area contributed by atoms with Gasteiger partial charge in [0.25, 0.3) is 5.91 Å². The fourth-order valence-electron chi connectivity index (χ4n) is 2.30. The Morgan fingerprint density at radius 3 is 2.85 bits per heavy atom. The minimum atomic E-state index is -0.571. The molecule has 3 heterocycles. The molecule has 0 spiro atoms. The predicted octanol–water partition coefficient (Wildman–Crippen LogP) is 3.37. The second-order valence-corrected chi connectivity index (χ2v) is 7.06. The van der Waals surface area contributed by atoms with Crippen molar-refractivity contribution in [2.75, 3.05) is 11.9 Å². The van der Waals surface area contributed by atoms with Crippen molar-refractivity contribution in [3.8, 4) is 10.6 Å². The molecule has 7 heteroatoms. The standard InChI is InChI=1S/C19H20N4O2S/c1-12-8-9-20-18(10-12)23-17-5-3-4-14(22-17)15-6-7-16(26-15)19(25)21-11-13(2)24/h3-10,13,24H,11H2,1-2H3,(H,21,25)(H,20,22,23). The monoisotopic (exact) mass is 368 g/mol. The summed E-state index contributed by atoms with van der Waals surface area (Å²) >= 11 is 1.36. The van der Waals surface area contributed by atoms with Crippen LogP contribution in [0.4, 0.5) is 11.6 Å². The first-order valence-corrected chi connectivity index (χ1v) is 9.06. The number of aliphatic hydroxyl groups excluding tert-OH is 1. The summed E-state index contributed by atoms with van der Waals surface area (Å²) in [6.45, 7) is 3.87. The third-order valence-corrected chi connectivity index (χ3v) is 4.67. The van der Waals surface area contributed by atoms with Crippen molar-refractivity contribution >= 4 is 28.9 Å². The van der Waals surface area contributed by atoms with E-state index < -0.39 is 6.10 Å². The molecule has 0 aliphatic heterocycles. The number of aliphatic hydroxyl groups is 1. The molecular weight excluding hydrogens is 348 g/mol. The van der Waals surface area contributed by atoms with E-state index in [0.717, 1.165) is 22.0 Å². The number of hydrogen-bond donors (Lipinski definition) is 3. The smallest absolute Gasteiger partial charge is 0.261 e. The molecule has 1 atom stereocenters. The van der Waals surface area contributed by atoms with Crippen LogP contribution in [0.1, 0.15) is 22.2 Å². The lowest BCUT2D eigenvalue weighted by Gasteiger charge is -2.07. The summed E-state index contributed by atoms with van der Waals surface area (Å²) in [6, 6.07) is 13.2. The fourth-order valence-corrected chi connectivity index (χ4v) is 3.19. The van der Waals surface area contributed by atoms with Gasteiger partial charge in [0.15, 0.2) is 0 Å². The van der Waals surface area contributed by atoms with Gasteiger partial charge in [0.2, 0.25) is 0 Å². The topological polar surface area (TPSA) is 87.1 Å². The summed E-state index contributed by atoms with van der Waals surface area (Å²) in [5.41, 5.74) is 1.90. The number of amides is 1. The molecule has 0 aromatic carbocycles. The maximum atomic E-state index is 12.1. The molecule has 0 radical (unpaired) electrons. The van der Waals surface area contributed by atoms with Gasteiger partial charge in [-0.1, -0.05) is 6.07 Å². The first-order chi connectivity index (χ1) is 12.5. The molecule has 0 saturated carbocycles. The Kier molecular flexibility index (Phi) is 5.60. The van der Waals surface area contributed by atoms with Gasteiger partial charge in [-0.15, -0.1) is 11.3 Å². The van der Waals surface area contributed by atoms with Crippen LogP contribution in [0, 0.1) is 6.92 Å². The second-order valence-electron chi connectivity index (χ2n) is 5.97. The lowest BCUT2D eigenvalue weighted by atomic mass is 10.3. The van der Waals surface area contributed by atoms with Crippen molar-refractivity contribution in [3.63, 3.8) is 0 Å². The number of aromatic nitrogens is 2. The number of nitrogens with one attached hydrogen (secondary N) is 2. The summed E-state index contributed by atoms with van der Waals surface area (Å²) in [7, 11) is 0. The SMILES string of the molecule is Cc1ccnc(Nc2cccc(-c3ccc(C(=O)NCC(C)O)s3)n2)c1. The van der Waals surface area contributed by atoms with E-state index in [1.54, 1.807) is 19.2 Å². The predicted molar refractivity (Wildman–Crippen MR) is 104 cm³/mol. The van der Waals surface area contributed by atoms with Crippen LogP contribution < -0.4 is 10.6 Å². The van der Waals surface area contributed by atoms with Gasteiger partial charge in [0.05, 0.1) is 21.6 Å². The summed E-state index contributed by atoms with van der Waals surface area (Å²) in [5.74, 6) is 1.23. The van der Waals surface area contributed by atoms with Gasteiger partial charge in [-0.05, 0) is 55.8 Å². The highest BCUT2D eigenvalue weighted by molar-refractivity contribution is 7.17. The molecule has 0 aliphatic rings. The highest BCUT2D eigenvalue weighted by Crippen LogP contribution is 2.28. The largest absolute Gasteiger partial charge is 0.392 e. The van der Waals surface area contributed by atoms with Gasteiger partial charge in [0.1, 0.15) is 11.6 Å². The average molecular weight is 368 g/mol. The van der Waals surface area contributed by atoms with Crippen LogP contribution in [0.25, 0.3) is 10.6 Å². The second kappa shape index (κ2) is 8.07. The van der Waals surface area contributed by atoms with Crippen LogP contribution in [0.5, 0.6) is 0 Å². The third kappa shape index (κ3) is 4.65. The van der Waals surface area contributed by atoms with Crippen molar-refractivity contribution < 1.29 is 9.90 Å². The molecule has 134 valence electrons. The van der Waals surface area contributed by atoms with Crippen molar-refractivity contribution in [2.24, 2.45) is 0 Å². The number of carbonyl (C=O) groups excluding carboxylic acids is 1. The molecule has 1 amide bonds. The summed E-state index contributed by atoms with van der Waals surface area (Å²) < 4.78 is 0. The van der Waals surface area contributed by atoms with E-state index in [4.69, 9.17) is 0 Å². The molecule has 0 aliphatic carbocycles. The number of pyridine rings is 2. The normalized spacial score (nSPS) is 11.8.